The maximum absolute atomic E-state index is 10.2. The summed E-state index contributed by atoms with van der Waals surface area (Å²) in [6.07, 6.45) is 1.67. The van der Waals surface area contributed by atoms with Gasteiger partial charge in [0, 0.05) is 12.2 Å². The molecule has 1 saturated heterocycles. The fraction of sp³-hybridized carbons (Fsp3) is 0.600. The molecule has 0 spiro atoms. The van der Waals surface area contributed by atoms with Crippen LogP contribution < -0.4 is 4.74 Å². The maximum atomic E-state index is 10.2. The SMILES string of the molecule is CCOc1ccccc1C(O)COCC1CCCO1. The van der Waals surface area contributed by atoms with E-state index in [0.29, 0.717) is 13.2 Å². The molecule has 2 atom stereocenters. The van der Waals surface area contributed by atoms with Gasteiger partial charge in [0.05, 0.1) is 25.9 Å². The molecule has 1 aliphatic heterocycles. The van der Waals surface area contributed by atoms with Gasteiger partial charge in [-0.15, -0.1) is 0 Å². The highest BCUT2D eigenvalue weighted by Gasteiger charge is 2.17. The quantitative estimate of drug-likeness (QED) is 0.822. The summed E-state index contributed by atoms with van der Waals surface area (Å²) in [6, 6.07) is 7.52. The molecule has 0 bridgehead atoms. The Kier molecular flexibility index (Phi) is 5.63. The highest BCUT2D eigenvalue weighted by Crippen LogP contribution is 2.25. The van der Waals surface area contributed by atoms with Crippen LogP contribution in [0.15, 0.2) is 24.3 Å². The van der Waals surface area contributed by atoms with E-state index in [1.807, 2.05) is 31.2 Å². The van der Waals surface area contributed by atoms with Crippen LogP contribution in [0.1, 0.15) is 31.4 Å². The number of rotatable bonds is 7. The van der Waals surface area contributed by atoms with Crippen molar-refractivity contribution in [3.8, 4) is 5.75 Å². The summed E-state index contributed by atoms with van der Waals surface area (Å²) in [5.74, 6) is 0.721. The molecule has 1 aromatic rings. The predicted octanol–water partition coefficient (Wildman–Crippen LogP) is 2.31. The lowest BCUT2D eigenvalue weighted by Crippen LogP contribution is -2.17. The first-order valence-electron chi connectivity index (χ1n) is 6.90. The molecule has 2 unspecified atom stereocenters. The van der Waals surface area contributed by atoms with Gasteiger partial charge in [0.25, 0.3) is 0 Å². The molecule has 0 radical (unpaired) electrons. The summed E-state index contributed by atoms with van der Waals surface area (Å²) in [5.41, 5.74) is 0.775. The van der Waals surface area contributed by atoms with Crippen LogP contribution in [0.25, 0.3) is 0 Å². The monoisotopic (exact) mass is 266 g/mol. The Labute approximate surface area is 114 Å². The van der Waals surface area contributed by atoms with Crippen molar-refractivity contribution in [2.45, 2.75) is 32.0 Å². The predicted molar refractivity (Wildman–Crippen MR) is 72.4 cm³/mol. The molecule has 0 aromatic heterocycles. The number of benzene rings is 1. The number of para-hydroxylation sites is 1. The summed E-state index contributed by atoms with van der Waals surface area (Å²) in [7, 11) is 0. The van der Waals surface area contributed by atoms with E-state index in [1.54, 1.807) is 0 Å². The van der Waals surface area contributed by atoms with Crippen molar-refractivity contribution < 1.29 is 19.3 Å². The Bertz CT molecular complexity index is 374. The Morgan fingerprint density at radius 1 is 1.42 bits per heavy atom. The lowest BCUT2D eigenvalue weighted by atomic mass is 10.1. The standard InChI is InChI=1S/C15H22O4/c1-2-18-15-8-4-3-7-13(15)14(16)11-17-10-12-6-5-9-19-12/h3-4,7-8,12,14,16H,2,5-6,9-11H2,1H3. The first kappa shape index (κ1) is 14.3. The van der Waals surface area contributed by atoms with Crippen molar-refractivity contribution in [2.24, 2.45) is 0 Å². The van der Waals surface area contributed by atoms with Gasteiger partial charge in [0.15, 0.2) is 0 Å². The number of ether oxygens (including phenoxy) is 3. The van der Waals surface area contributed by atoms with Gasteiger partial charge in [0.1, 0.15) is 11.9 Å². The van der Waals surface area contributed by atoms with E-state index < -0.39 is 6.10 Å². The second-order valence-corrected chi connectivity index (χ2v) is 4.66. The lowest BCUT2D eigenvalue weighted by molar-refractivity contribution is -0.0181. The van der Waals surface area contributed by atoms with Crippen LogP contribution in [0.2, 0.25) is 0 Å². The third-order valence-electron chi connectivity index (χ3n) is 3.18. The second kappa shape index (κ2) is 7.48. The zero-order chi connectivity index (χ0) is 13.5. The number of hydrogen-bond acceptors (Lipinski definition) is 4. The van der Waals surface area contributed by atoms with Gasteiger partial charge in [-0.3, -0.25) is 0 Å². The highest BCUT2D eigenvalue weighted by atomic mass is 16.5. The van der Waals surface area contributed by atoms with Gasteiger partial charge in [-0.25, -0.2) is 0 Å². The van der Waals surface area contributed by atoms with Crippen molar-refractivity contribution in [3.05, 3.63) is 29.8 Å². The van der Waals surface area contributed by atoms with E-state index in [0.717, 1.165) is 30.8 Å². The van der Waals surface area contributed by atoms with Crippen LogP contribution >= 0.6 is 0 Å². The maximum Gasteiger partial charge on any atom is 0.125 e. The van der Waals surface area contributed by atoms with E-state index >= 15 is 0 Å². The van der Waals surface area contributed by atoms with E-state index in [1.165, 1.54) is 0 Å². The van der Waals surface area contributed by atoms with E-state index in [9.17, 15) is 5.11 Å². The van der Waals surface area contributed by atoms with Crippen molar-refractivity contribution in [1.29, 1.82) is 0 Å². The average Bonchev–Trinajstić information content (AvgIpc) is 2.93. The van der Waals surface area contributed by atoms with Gasteiger partial charge in [-0.05, 0) is 25.8 Å². The third kappa shape index (κ3) is 4.20. The number of aliphatic hydroxyl groups is 1. The molecule has 1 aliphatic rings. The summed E-state index contributed by atoms with van der Waals surface area (Å²) in [4.78, 5) is 0. The minimum atomic E-state index is -0.663. The van der Waals surface area contributed by atoms with Crippen LogP contribution in [0.4, 0.5) is 0 Å². The smallest absolute Gasteiger partial charge is 0.125 e. The molecule has 1 aromatic carbocycles. The third-order valence-corrected chi connectivity index (χ3v) is 3.18. The van der Waals surface area contributed by atoms with E-state index in [2.05, 4.69) is 0 Å². The fourth-order valence-corrected chi connectivity index (χ4v) is 2.22. The van der Waals surface area contributed by atoms with Gasteiger partial charge in [-0.2, -0.15) is 0 Å². The summed E-state index contributed by atoms with van der Waals surface area (Å²) in [6.45, 7) is 4.15. The molecule has 4 heteroatoms. The van der Waals surface area contributed by atoms with Crippen LogP contribution in [-0.2, 0) is 9.47 Å². The van der Waals surface area contributed by atoms with Crippen molar-refractivity contribution >= 4 is 0 Å². The van der Waals surface area contributed by atoms with Crippen LogP contribution in [0.5, 0.6) is 5.75 Å². The average molecular weight is 266 g/mol. The molecule has 1 heterocycles. The molecule has 0 aliphatic carbocycles. The zero-order valence-electron chi connectivity index (χ0n) is 11.4. The fourth-order valence-electron chi connectivity index (χ4n) is 2.22. The molecule has 1 fully saturated rings. The topological polar surface area (TPSA) is 47.9 Å². The molecule has 106 valence electrons. The van der Waals surface area contributed by atoms with Crippen molar-refractivity contribution in [3.63, 3.8) is 0 Å². The first-order valence-corrected chi connectivity index (χ1v) is 6.90. The molecular formula is C15H22O4. The van der Waals surface area contributed by atoms with E-state index in [-0.39, 0.29) is 12.7 Å². The highest BCUT2D eigenvalue weighted by molar-refractivity contribution is 5.35. The Balaban J connectivity index is 1.82. The van der Waals surface area contributed by atoms with Gasteiger partial charge >= 0.3 is 0 Å². The van der Waals surface area contributed by atoms with Crippen molar-refractivity contribution in [1.82, 2.24) is 0 Å². The molecule has 19 heavy (non-hydrogen) atoms. The van der Waals surface area contributed by atoms with Gasteiger partial charge in [0.2, 0.25) is 0 Å². The minimum absolute atomic E-state index is 0.189. The molecule has 1 N–H and O–H groups in total. The molecule has 0 amide bonds. The van der Waals surface area contributed by atoms with Crippen LogP contribution in [0, 0.1) is 0 Å². The number of hydrogen-bond donors (Lipinski definition) is 1. The van der Waals surface area contributed by atoms with Crippen molar-refractivity contribution in [2.75, 3.05) is 26.4 Å². The Morgan fingerprint density at radius 3 is 3.00 bits per heavy atom. The van der Waals surface area contributed by atoms with Gasteiger partial charge in [-0.1, -0.05) is 18.2 Å². The Morgan fingerprint density at radius 2 is 2.26 bits per heavy atom. The van der Waals surface area contributed by atoms with Crippen LogP contribution in [0.3, 0.4) is 0 Å². The lowest BCUT2D eigenvalue weighted by Gasteiger charge is -2.17. The molecule has 0 saturated carbocycles. The molecule has 4 nitrogen and oxygen atoms in total. The minimum Gasteiger partial charge on any atom is -0.493 e. The second-order valence-electron chi connectivity index (χ2n) is 4.66. The summed E-state index contributed by atoms with van der Waals surface area (Å²) < 4.78 is 16.5. The van der Waals surface area contributed by atoms with Gasteiger partial charge < -0.3 is 19.3 Å². The summed E-state index contributed by atoms with van der Waals surface area (Å²) >= 11 is 0. The zero-order valence-corrected chi connectivity index (χ0v) is 11.4. The molecule has 2 rings (SSSR count). The first-order chi connectivity index (χ1) is 9.31. The largest absolute Gasteiger partial charge is 0.493 e. The summed E-state index contributed by atoms with van der Waals surface area (Å²) in [5, 5.41) is 10.2. The van der Waals surface area contributed by atoms with E-state index in [4.69, 9.17) is 14.2 Å². The molecular weight excluding hydrogens is 244 g/mol. The van der Waals surface area contributed by atoms with Crippen LogP contribution in [-0.4, -0.2) is 37.6 Å². The number of aliphatic hydroxyl groups excluding tert-OH is 1. The normalized spacial score (nSPS) is 20.4. The Hall–Kier alpha value is -1.10.